The highest BCUT2D eigenvalue weighted by molar-refractivity contribution is 6.05. The summed E-state index contributed by atoms with van der Waals surface area (Å²) in [6.45, 7) is 7.20. The molecule has 0 aliphatic carbocycles. The molecule has 1 aromatic heterocycles. The molecule has 1 heterocycles. The van der Waals surface area contributed by atoms with Gasteiger partial charge in [-0.2, -0.15) is 0 Å². The van der Waals surface area contributed by atoms with Crippen LogP contribution in [0.4, 0.5) is 8.78 Å². The quantitative estimate of drug-likeness (QED) is 0.591. The molecule has 0 fully saturated rings. The molecule has 21 heavy (non-hydrogen) atoms. The van der Waals surface area contributed by atoms with Crippen molar-refractivity contribution in [2.75, 3.05) is 0 Å². The maximum absolute atomic E-state index is 14.4. The summed E-state index contributed by atoms with van der Waals surface area (Å²) in [4.78, 5) is 0. The van der Waals surface area contributed by atoms with Gasteiger partial charge >= 0.3 is 0 Å². The standard InChI is InChI=1S/C18H14F2O/c1-3-5-11-7-9-13-14-10-8-12(6-4-2)16(20)18(14)21-17(13)15(11)19/h3-4,7-10H,1-2,5-6H2. The maximum Gasteiger partial charge on any atom is 0.171 e. The Morgan fingerprint density at radius 2 is 1.24 bits per heavy atom. The molecule has 0 bridgehead atoms. The van der Waals surface area contributed by atoms with Gasteiger partial charge in [-0.05, 0) is 36.1 Å². The van der Waals surface area contributed by atoms with Gasteiger partial charge < -0.3 is 4.42 Å². The van der Waals surface area contributed by atoms with Crippen LogP contribution in [0.2, 0.25) is 0 Å². The SMILES string of the molecule is C=CCc1ccc2c(oc3c(F)c(CC=C)ccc32)c1F. The number of benzene rings is 2. The normalized spacial score (nSPS) is 11.1. The van der Waals surface area contributed by atoms with Gasteiger partial charge in [0.25, 0.3) is 0 Å². The van der Waals surface area contributed by atoms with Crippen LogP contribution in [0, 0.1) is 11.6 Å². The molecule has 0 amide bonds. The minimum atomic E-state index is -0.451. The van der Waals surface area contributed by atoms with Gasteiger partial charge in [0.1, 0.15) is 0 Å². The molecule has 0 saturated carbocycles. The predicted molar refractivity (Wildman–Crippen MR) is 81.4 cm³/mol. The first-order valence-electron chi connectivity index (χ1n) is 6.70. The van der Waals surface area contributed by atoms with Gasteiger partial charge in [-0.15, -0.1) is 13.2 Å². The third-order valence-corrected chi connectivity index (χ3v) is 3.58. The molecule has 0 saturated heterocycles. The summed E-state index contributed by atoms with van der Waals surface area (Å²) in [6, 6.07) is 6.89. The van der Waals surface area contributed by atoms with Crippen molar-refractivity contribution in [2.45, 2.75) is 12.8 Å². The summed E-state index contributed by atoms with van der Waals surface area (Å²) in [7, 11) is 0. The van der Waals surface area contributed by atoms with Crippen molar-refractivity contribution < 1.29 is 13.2 Å². The van der Waals surface area contributed by atoms with Crippen LogP contribution < -0.4 is 0 Å². The van der Waals surface area contributed by atoms with E-state index in [1.165, 1.54) is 0 Å². The number of allylic oxidation sites excluding steroid dienone is 2. The second-order valence-electron chi connectivity index (χ2n) is 4.92. The summed E-state index contributed by atoms with van der Waals surface area (Å²) in [6.07, 6.45) is 4.05. The Labute approximate surface area is 121 Å². The van der Waals surface area contributed by atoms with E-state index in [9.17, 15) is 8.78 Å². The third-order valence-electron chi connectivity index (χ3n) is 3.58. The topological polar surface area (TPSA) is 13.1 Å². The summed E-state index contributed by atoms with van der Waals surface area (Å²) in [5, 5.41) is 1.17. The molecular formula is C18H14F2O. The highest BCUT2D eigenvalue weighted by Gasteiger charge is 2.17. The highest BCUT2D eigenvalue weighted by Crippen LogP contribution is 2.34. The molecule has 0 N–H and O–H groups in total. The van der Waals surface area contributed by atoms with Gasteiger partial charge in [0.15, 0.2) is 22.8 Å². The van der Waals surface area contributed by atoms with Crippen molar-refractivity contribution in [3.8, 4) is 0 Å². The molecule has 3 rings (SSSR count). The van der Waals surface area contributed by atoms with Gasteiger partial charge in [0, 0.05) is 10.8 Å². The van der Waals surface area contributed by atoms with Crippen LogP contribution in [0.5, 0.6) is 0 Å². The monoisotopic (exact) mass is 284 g/mol. The van der Waals surface area contributed by atoms with Crippen molar-refractivity contribution in [1.29, 1.82) is 0 Å². The van der Waals surface area contributed by atoms with E-state index < -0.39 is 11.6 Å². The minimum absolute atomic E-state index is 0.0963. The molecule has 0 unspecified atom stereocenters. The third kappa shape index (κ3) is 2.05. The van der Waals surface area contributed by atoms with Crippen molar-refractivity contribution >= 4 is 21.9 Å². The Morgan fingerprint density at radius 1 is 0.810 bits per heavy atom. The largest absolute Gasteiger partial charge is 0.450 e. The zero-order valence-electron chi connectivity index (χ0n) is 11.5. The Kier molecular flexibility index (Phi) is 3.34. The summed E-state index contributed by atoms with van der Waals surface area (Å²) in [5.41, 5.74) is 1.17. The second-order valence-corrected chi connectivity index (χ2v) is 4.92. The fraction of sp³-hybridized carbons (Fsp3) is 0.111. The number of rotatable bonds is 4. The fourth-order valence-electron chi connectivity index (χ4n) is 2.55. The lowest BCUT2D eigenvalue weighted by molar-refractivity contribution is 0.549. The Balaban J connectivity index is 2.33. The molecule has 0 aliphatic rings. The van der Waals surface area contributed by atoms with E-state index in [1.807, 2.05) is 0 Å². The molecule has 106 valence electrons. The molecule has 0 aliphatic heterocycles. The van der Waals surface area contributed by atoms with Crippen molar-refractivity contribution in [3.05, 3.63) is 72.3 Å². The zero-order chi connectivity index (χ0) is 15.0. The van der Waals surface area contributed by atoms with E-state index in [0.29, 0.717) is 34.7 Å². The Morgan fingerprint density at radius 3 is 1.62 bits per heavy atom. The molecule has 3 heteroatoms. The van der Waals surface area contributed by atoms with Gasteiger partial charge in [0.2, 0.25) is 0 Å². The van der Waals surface area contributed by atoms with E-state index >= 15 is 0 Å². The zero-order valence-corrected chi connectivity index (χ0v) is 11.5. The van der Waals surface area contributed by atoms with Crippen molar-refractivity contribution in [1.82, 2.24) is 0 Å². The molecule has 3 aromatic rings. The fourth-order valence-corrected chi connectivity index (χ4v) is 2.55. The molecule has 0 radical (unpaired) electrons. The predicted octanol–water partition coefficient (Wildman–Crippen LogP) is 5.32. The van der Waals surface area contributed by atoms with E-state index in [0.717, 1.165) is 0 Å². The average molecular weight is 284 g/mol. The van der Waals surface area contributed by atoms with Crippen LogP contribution in [0.1, 0.15) is 11.1 Å². The molecule has 0 spiro atoms. The van der Waals surface area contributed by atoms with E-state index in [4.69, 9.17) is 4.42 Å². The minimum Gasteiger partial charge on any atom is -0.450 e. The van der Waals surface area contributed by atoms with E-state index in [-0.39, 0.29) is 11.2 Å². The number of halogens is 2. The maximum atomic E-state index is 14.4. The van der Waals surface area contributed by atoms with Gasteiger partial charge in [-0.3, -0.25) is 0 Å². The van der Waals surface area contributed by atoms with Gasteiger partial charge in [-0.25, -0.2) is 8.78 Å². The lowest BCUT2D eigenvalue weighted by Gasteiger charge is -1.99. The summed E-state index contributed by atoms with van der Waals surface area (Å²) < 4.78 is 34.3. The first kappa shape index (κ1) is 13.6. The van der Waals surface area contributed by atoms with Gasteiger partial charge in [-0.1, -0.05) is 24.3 Å². The smallest absolute Gasteiger partial charge is 0.171 e. The van der Waals surface area contributed by atoms with Crippen LogP contribution in [-0.4, -0.2) is 0 Å². The molecule has 0 atom stereocenters. The number of hydrogen-bond acceptors (Lipinski definition) is 1. The van der Waals surface area contributed by atoms with Crippen LogP contribution in [0.25, 0.3) is 21.9 Å². The molecule has 2 aromatic carbocycles. The highest BCUT2D eigenvalue weighted by atomic mass is 19.1. The second kappa shape index (κ2) is 5.17. The van der Waals surface area contributed by atoms with Crippen LogP contribution in [0.3, 0.4) is 0 Å². The summed E-state index contributed by atoms with van der Waals surface area (Å²) >= 11 is 0. The average Bonchev–Trinajstić information content (AvgIpc) is 2.86. The lowest BCUT2D eigenvalue weighted by Crippen LogP contribution is -1.88. The molecular weight excluding hydrogens is 270 g/mol. The summed E-state index contributed by atoms with van der Waals surface area (Å²) in [5.74, 6) is -0.901. The Bertz CT molecular complexity index is 788. The number of furan rings is 1. The van der Waals surface area contributed by atoms with Crippen molar-refractivity contribution in [2.24, 2.45) is 0 Å². The first-order chi connectivity index (χ1) is 10.2. The number of fused-ring (bicyclic) bond motifs is 3. The van der Waals surface area contributed by atoms with Crippen LogP contribution in [0.15, 0.2) is 54.0 Å². The first-order valence-corrected chi connectivity index (χ1v) is 6.70. The number of hydrogen-bond donors (Lipinski definition) is 0. The Hall–Kier alpha value is -2.42. The van der Waals surface area contributed by atoms with Crippen LogP contribution >= 0.6 is 0 Å². The van der Waals surface area contributed by atoms with Crippen LogP contribution in [-0.2, 0) is 12.8 Å². The van der Waals surface area contributed by atoms with E-state index in [2.05, 4.69) is 13.2 Å². The van der Waals surface area contributed by atoms with E-state index in [1.54, 1.807) is 36.4 Å². The van der Waals surface area contributed by atoms with Crippen molar-refractivity contribution in [3.63, 3.8) is 0 Å². The molecule has 1 nitrogen and oxygen atoms in total. The lowest BCUT2D eigenvalue weighted by atomic mass is 10.0. The van der Waals surface area contributed by atoms with Gasteiger partial charge in [0.05, 0.1) is 0 Å².